The number of rotatable bonds is 4. The van der Waals surface area contributed by atoms with Gasteiger partial charge in [-0.2, -0.15) is 5.10 Å². The predicted octanol–water partition coefficient (Wildman–Crippen LogP) is 4.70. The lowest BCUT2D eigenvalue weighted by molar-refractivity contribution is 0.868. The van der Waals surface area contributed by atoms with Gasteiger partial charge in [0.25, 0.3) is 0 Å². The molecule has 0 amide bonds. The number of halogens is 1. The number of para-hydroxylation sites is 2. The van der Waals surface area contributed by atoms with E-state index in [1.54, 1.807) is 0 Å². The van der Waals surface area contributed by atoms with Crippen molar-refractivity contribution in [1.82, 2.24) is 9.78 Å². The number of hydrogen-bond donors (Lipinski definition) is 1. The molecular weight excluding hydrogens is 282 g/mol. The van der Waals surface area contributed by atoms with Crippen molar-refractivity contribution < 1.29 is 0 Å². The maximum atomic E-state index is 6.17. The van der Waals surface area contributed by atoms with Gasteiger partial charge in [0.1, 0.15) is 0 Å². The summed E-state index contributed by atoms with van der Waals surface area (Å²) < 4.78 is 1.88. The van der Waals surface area contributed by atoms with E-state index in [1.165, 1.54) is 0 Å². The number of nitrogens with zero attached hydrogens (tertiary/aromatic N) is 2. The summed E-state index contributed by atoms with van der Waals surface area (Å²) >= 11 is 6.17. The normalized spacial score (nSPS) is 12.1. The zero-order chi connectivity index (χ0) is 14.7. The lowest BCUT2D eigenvalue weighted by Crippen LogP contribution is -2.06. The smallest absolute Gasteiger partial charge is 0.0645 e. The Balaban J connectivity index is 1.79. The maximum Gasteiger partial charge on any atom is 0.0645 e. The molecule has 106 valence electrons. The fourth-order valence-corrected chi connectivity index (χ4v) is 2.37. The van der Waals surface area contributed by atoms with Crippen molar-refractivity contribution in [3.63, 3.8) is 0 Å². The van der Waals surface area contributed by atoms with Crippen LogP contribution >= 0.6 is 11.6 Å². The number of aromatic nitrogens is 2. The Morgan fingerprint density at radius 2 is 1.76 bits per heavy atom. The van der Waals surface area contributed by atoms with E-state index in [0.29, 0.717) is 0 Å². The second-order valence-corrected chi connectivity index (χ2v) is 5.31. The topological polar surface area (TPSA) is 29.9 Å². The third kappa shape index (κ3) is 3.09. The SMILES string of the molecule is CC(Nc1ccccc1Cl)c1cnn(-c2ccccc2)c1. The van der Waals surface area contributed by atoms with Gasteiger partial charge < -0.3 is 5.32 Å². The molecule has 3 aromatic rings. The van der Waals surface area contributed by atoms with Crippen LogP contribution in [0.25, 0.3) is 5.69 Å². The molecule has 4 heteroatoms. The van der Waals surface area contributed by atoms with Crippen molar-refractivity contribution in [2.24, 2.45) is 0 Å². The third-order valence-electron chi connectivity index (χ3n) is 3.37. The molecule has 0 saturated heterocycles. The van der Waals surface area contributed by atoms with Crippen LogP contribution in [0.2, 0.25) is 5.02 Å². The molecule has 2 aromatic carbocycles. The van der Waals surface area contributed by atoms with Crippen LogP contribution in [0.5, 0.6) is 0 Å². The van der Waals surface area contributed by atoms with Crippen molar-refractivity contribution in [1.29, 1.82) is 0 Å². The second-order valence-electron chi connectivity index (χ2n) is 4.90. The Labute approximate surface area is 129 Å². The van der Waals surface area contributed by atoms with Crippen LogP contribution in [0.1, 0.15) is 18.5 Å². The van der Waals surface area contributed by atoms with Gasteiger partial charge in [0.05, 0.1) is 28.6 Å². The van der Waals surface area contributed by atoms with Crippen LogP contribution in [0.3, 0.4) is 0 Å². The van der Waals surface area contributed by atoms with E-state index in [2.05, 4.69) is 17.3 Å². The highest BCUT2D eigenvalue weighted by Gasteiger charge is 2.10. The summed E-state index contributed by atoms with van der Waals surface area (Å²) in [5.41, 5.74) is 3.09. The van der Waals surface area contributed by atoms with Gasteiger partial charge >= 0.3 is 0 Å². The quantitative estimate of drug-likeness (QED) is 0.756. The predicted molar refractivity (Wildman–Crippen MR) is 87.1 cm³/mol. The highest BCUT2D eigenvalue weighted by atomic mass is 35.5. The molecule has 1 unspecified atom stereocenters. The lowest BCUT2D eigenvalue weighted by atomic mass is 10.2. The van der Waals surface area contributed by atoms with Gasteiger partial charge in [-0.05, 0) is 31.2 Å². The van der Waals surface area contributed by atoms with Gasteiger partial charge in [-0.15, -0.1) is 0 Å². The molecule has 1 aromatic heterocycles. The lowest BCUT2D eigenvalue weighted by Gasteiger charge is -2.14. The minimum atomic E-state index is 0.127. The van der Waals surface area contributed by atoms with Crippen LogP contribution in [-0.2, 0) is 0 Å². The van der Waals surface area contributed by atoms with E-state index in [1.807, 2.05) is 71.7 Å². The number of anilines is 1. The van der Waals surface area contributed by atoms with Crippen LogP contribution in [-0.4, -0.2) is 9.78 Å². The second kappa shape index (κ2) is 6.02. The Hall–Kier alpha value is -2.26. The summed E-state index contributed by atoms with van der Waals surface area (Å²) in [5.74, 6) is 0. The number of benzene rings is 2. The Morgan fingerprint density at radius 1 is 1.05 bits per heavy atom. The highest BCUT2D eigenvalue weighted by molar-refractivity contribution is 6.33. The molecule has 1 N–H and O–H groups in total. The summed E-state index contributed by atoms with van der Waals surface area (Å²) in [6, 6.07) is 17.9. The van der Waals surface area contributed by atoms with Crippen LogP contribution in [0.15, 0.2) is 67.0 Å². The summed E-state index contributed by atoms with van der Waals surface area (Å²) in [4.78, 5) is 0. The molecule has 0 aliphatic rings. The largest absolute Gasteiger partial charge is 0.377 e. The van der Waals surface area contributed by atoms with Gasteiger partial charge in [-0.1, -0.05) is 41.9 Å². The molecule has 0 aliphatic heterocycles. The van der Waals surface area contributed by atoms with Crippen LogP contribution < -0.4 is 5.32 Å². The molecule has 0 fully saturated rings. The minimum absolute atomic E-state index is 0.127. The summed E-state index contributed by atoms with van der Waals surface area (Å²) in [6.07, 6.45) is 3.91. The van der Waals surface area contributed by atoms with E-state index in [0.717, 1.165) is 22.0 Å². The molecule has 0 bridgehead atoms. The fraction of sp³-hybridized carbons (Fsp3) is 0.118. The zero-order valence-corrected chi connectivity index (χ0v) is 12.5. The first-order valence-corrected chi connectivity index (χ1v) is 7.23. The van der Waals surface area contributed by atoms with E-state index in [-0.39, 0.29) is 6.04 Å². The van der Waals surface area contributed by atoms with Gasteiger partial charge in [0, 0.05) is 11.8 Å². The standard InChI is InChI=1S/C17H16ClN3/c1-13(20-17-10-6-5-9-16(17)18)14-11-19-21(12-14)15-7-3-2-4-8-15/h2-13,20H,1H3. The van der Waals surface area contributed by atoms with E-state index < -0.39 is 0 Å². The molecule has 0 radical (unpaired) electrons. The van der Waals surface area contributed by atoms with Crippen molar-refractivity contribution in [2.75, 3.05) is 5.32 Å². The Morgan fingerprint density at radius 3 is 2.52 bits per heavy atom. The molecule has 0 aliphatic carbocycles. The molecule has 1 heterocycles. The molecule has 1 atom stereocenters. The zero-order valence-electron chi connectivity index (χ0n) is 11.7. The first-order valence-electron chi connectivity index (χ1n) is 6.85. The van der Waals surface area contributed by atoms with Gasteiger partial charge in [0.15, 0.2) is 0 Å². The molecule has 3 rings (SSSR count). The molecular formula is C17H16ClN3. The average molecular weight is 298 g/mol. The Bertz CT molecular complexity index is 722. The summed E-state index contributed by atoms with van der Waals surface area (Å²) in [7, 11) is 0. The van der Waals surface area contributed by atoms with Crippen LogP contribution in [0, 0.1) is 0 Å². The van der Waals surface area contributed by atoms with E-state index >= 15 is 0 Å². The van der Waals surface area contributed by atoms with E-state index in [4.69, 9.17) is 11.6 Å². The highest BCUT2D eigenvalue weighted by Crippen LogP contribution is 2.25. The summed E-state index contributed by atoms with van der Waals surface area (Å²) in [5, 5.41) is 8.54. The molecule has 0 saturated carbocycles. The first-order chi connectivity index (χ1) is 10.2. The average Bonchev–Trinajstić information content (AvgIpc) is 3.00. The van der Waals surface area contributed by atoms with Crippen molar-refractivity contribution in [2.45, 2.75) is 13.0 Å². The van der Waals surface area contributed by atoms with Crippen LogP contribution in [0.4, 0.5) is 5.69 Å². The molecule has 21 heavy (non-hydrogen) atoms. The fourth-order valence-electron chi connectivity index (χ4n) is 2.18. The van der Waals surface area contributed by atoms with Crippen molar-refractivity contribution >= 4 is 17.3 Å². The third-order valence-corrected chi connectivity index (χ3v) is 3.70. The van der Waals surface area contributed by atoms with Gasteiger partial charge in [-0.3, -0.25) is 0 Å². The van der Waals surface area contributed by atoms with Crippen molar-refractivity contribution in [3.05, 3.63) is 77.6 Å². The number of nitrogens with one attached hydrogen (secondary N) is 1. The summed E-state index contributed by atoms with van der Waals surface area (Å²) in [6.45, 7) is 2.09. The maximum absolute atomic E-state index is 6.17. The molecule has 3 nitrogen and oxygen atoms in total. The molecule has 0 spiro atoms. The first kappa shape index (κ1) is 13.7. The van der Waals surface area contributed by atoms with Gasteiger partial charge in [0.2, 0.25) is 0 Å². The Kier molecular flexibility index (Phi) is 3.93. The number of hydrogen-bond acceptors (Lipinski definition) is 2. The monoisotopic (exact) mass is 297 g/mol. The van der Waals surface area contributed by atoms with Crippen molar-refractivity contribution in [3.8, 4) is 5.69 Å². The minimum Gasteiger partial charge on any atom is -0.377 e. The van der Waals surface area contributed by atoms with Gasteiger partial charge in [-0.25, -0.2) is 4.68 Å². The van der Waals surface area contributed by atoms with E-state index in [9.17, 15) is 0 Å².